The van der Waals surface area contributed by atoms with E-state index in [1.165, 1.54) is 0 Å². The van der Waals surface area contributed by atoms with Crippen LogP contribution in [0, 0.1) is 6.58 Å². The highest BCUT2D eigenvalue weighted by Gasteiger charge is 2.05. The van der Waals surface area contributed by atoms with Crippen molar-refractivity contribution in [2.24, 2.45) is 0 Å². The van der Waals surface area contributed by atoms with Crippen LogP contribution in [0.4, 0.5) is 0 Å². The van der Waals surface area contributed by atoms with Gasteiger partial charge in [-0.25, -0.2) is 0 Å². The Morgan fingerprint density at radius 2 is 2.43 bits per heavy atom. The first-order valence-corrected chi connectivity index (χ1v) is 2.04. The van der Waals surface area contributed by atoms with E-state index in [1.807, 2.05) is 0 Å². The number of rotatable bonds is 2. The number of hydrogen-bond donors (Lipinski definition) is 1. The molecule has 1 atom stereocenters. The molecule has 0 aromatic carbocycles. The fourth-order valence-electron chi connectivity index (χ4n) is 0.0823. The first-order valence-electron chi connectivity index (χ1n) is 1.60. The topological polar surface area (TPSA) is 37.3 Å². The Bertz CT molecular complexity index is 89.7. The predicted molar refractivity (Wildman–Crippen MR) is 26.1 cm³/mol. The average molecular weight is 120 g/mol. The summed E-state index contributed by atoms with van der Waals surface area (Å²) in [7, 11) is 0. The molecule has 0 amide bonds. The van der Waals surface area contributed by atoms with E-state index in [9.17, 15) is 4.79 Å². The van der Waals surface area contributed by atoms with Gasteiger partial charge in [0.25, 0.3) is 0 Å². The minimum atomic E-state index is -1.12. The minimum absolute atomic E-state index is 0.907. The van der Waals surface area contributed by atoms with E-state index in [4.69, 9.17) is 23.3 Å². The van der Waals surface area contributed by atoms with Crippen molar-refractivity contribution in [2.75, 3.05) is 0 Å². The summed E-state index contributed by atoms with van der Waals surface area (Å²) in [5.74, 6) is -1.12. The molecule has 0 saturated heterocycles. The highest BCUT2D eigenvalue weighted by Crippen LogP contribution is 1.93. The van der Waals surface area contributed by atoms with Crippen molar-refractivity contribution in [1.29, 1.82) is 0 Å². The van der Waals surface area contributed by atoms with E-state index in [-0.39, 0.29) is 0 Å². The number of carbonyl (C=O) groups is 1. The second-order valence-corrected chi connectivity index (χ2v) is 1.40. The van der Waals surface area contributed by atoms with Crippen molar-refractivity contribution in [3.05, 3.63) is 12.7 Å². The van der Waals surface area contributed by atoms with Crippen molar-refractivity contribution in [3.63, 3.8) is 0 Å². The molecule has 1 unspecified atom stereocenters. The number of carboxylic acid groups (broad SMARTS) is 1. The van der Waals surface area contributed by atoms with Gasteiger partial charge >= 0.3 is 5.97 Å². The van der Waals surface area contributed by atoms with Crippen LogP contribution in [0.15, 0.2) is 6.08 Å². The van der Waals surface area contributed by atoms with E-state index in [0.29, 0.717) is 0 Å². The molecule has 39 valence electrons. The SMILES string of the molecule is [CH]=CC(Cl)C(=O)O. The second kappa shape index (κ2) is 2.64. The maximum Gasteiger partial charge on any atom is 0.325 e. The number of halogens is 1. The molecule has 0 aromatic heterocycles. The molecule has 0 bridgehead atoms. The molecule has 0 aliphatic heterocycles. The van der Waals surface area contributed by atoms with Crippen LogP contribution in [0.2, 0.25) is 0 Å². The number of hydrogen-bond acceptors (Lipinski definition) is 1. The molecule has 0 aliphatic carbocycles. The third-order valence-electron chi connectivity index (χ3n) is 0.405. The second-order valence-electron chi connectivity index (χ2n) is 0.932. The Morgan fingerprint density at radius 1 is 2.00 bits per heavy atom. The Kier molecular flexibility index (Phi) is 2.45. The van der Waals surface area contributed by atoms with Gasteiger partial charge in [0.05, 0.1) is 0 Å². The van der Waals surface area contributed by atoms with Gasteiger partial charge < -0.3 is 5.11 Å². The first-order chi connectivity index (χ1) is 3.18. The molecule has 0 aliphatic rings. The van der Waals surface area contributed by atoms with E-state index in [2.05, 4.69) is 0 Å². The Labute approximate surface area is 46.4 Å². The smallest absolute Gasteiger partial charge is 0.325 e. The summed E-state index contributed by atoms with van der Waals surface area (Å²) in [4.78, 5) is 9.69. The van der Waals surface area contributed by atoms with Gasteiger partial charge in [0, 0.05) is 0 Å². The lowest BCUT2D eigenvalue weighted by Gasteiger charge is -1.89. The summed E-state index contributed by atoms with van der Waals surface area (Å²) in [6, 6.07) is 0. The molecular formula is C4H4ClO2. The molecule has 0 saturated carbocycles. The van der Waals surface area contributed by atoms with E-state index in [1.54, 1.807) is 0 Å². The number of carboxylic acids is 1. The first kappa shape index (κ1) is 6.50. The zero-order valence-corrected chi connectivity index (χ0v) is 4.22. The molecule has 3 heteroatoms. The van der Waals surface area contributed by atoms with Gasteiger partial charge in [-0.2, -0.15) is 0 Å². The number of aliphatic carboxylic acids is 1. The molecule has 0 heterocycles. The number of alkyl halides is 1. The molecular weight excluding hydrogens is 115 g/mol. The van der Waals surface area contributed by atoms with Crippen molar-refractivity contribution < 1.29 is 9.90 Å². The molecule has 0 fully saturated rings. The molecule has 1 radical (unpaired) electrons. The van der Waals surface area contributed by atoms with Gasteiger partial charge in [-0.3, -0.25) is 4.79 Å². The summed E-state index contributed by atoms with van der Waals surface area (Å²) in [5.41, 5.74) is 0. The fourth-order valence-corrected chi connectivity index (χ4v) is 0.0823. The highest BCUT2D eigenvalue weighted by molar-refractivity contribution is 6.30. The van der Waals surface area contributed by atoms with Gasteiger partial charge in [0.15, 0.2) is 0 Å². The van der Waals surface area contributed by atoms with Crippen LogP contribution in [0.3, 0.4) is 0 Å². The van der Waals surface area contributed by atoms with Crippen LogP contribution < -0.4 is 0 Å². The standard InChI is InChI=1S/C4H4ClO2/c1-2-3(5)4(6)7/h1-3H,(H,6,7). The van der Waals surface area contributed by atoms with Gasteiger partial charge in [0.2, 0.25) is 0 Å². The van der Waals surface area contributed by atoms with Gasteiger partial charge in [-0.15, -0.1) is 11.6 Å². The lowest BCUT2D eigenvalue weighted by molar-refractivity contribution is -0.135. The zero-order valence-electron chi connectivity index (χ0n) is 3.47. The molecule has 0 spiro atoms. The van der Waals surface area contributed by atoms with Crippen LogP contribution in [0.25, 0.3) is 0 Å². The van der Waals surface area contributed by atoms with Gasteiger partial charge in [-0.1, -0.05) is 12.7 Å². The lowest BCUT2D eigenvalue weighted by Crippen LogP contribution is -2.08. The Hall–Kier alpha value is -0.500. The summed E-state index contributed by atoms with van der Waals surface area (Å²) in [5, 5.41) is 6.88. The molecule has 2 nitrogen and oxygen atoms in total. The zero-order chi connectivity index (χ0) is 5.86. The largest absolute Gasteiger partial charge is 0.480 e. The summed E-state index contributed by atoms with van der Waals surface area (Å²) < 4.78 is 0. The maximum absolute atomic E-state index is 9.69. The summed E-state index contributed by atoms with van der Waals surface area (Å²) >= 11 is 5.02. The monoisotopic (exact) mass is 119 g/mol. The van der Waals surface area contributed by atoms with Crippen molar-refractivity contribution in [2.45, 2.75) is 5.38 Å². The molecule has 0 rings (SSSR count). The maximum atomic E-state index is 9.69. The van der Waals surface area contributed by atoms with Crippen LogP contribution in [0.1, 0.15) is 0 Å². The molecule has 1 N–H and O–H groups in total. The van der Waals surface area contributed by atoms with Crippen molar-refractivity contribution >= 4 is 17.6 Å². The van der Waals surface area contributed by atoms with Gasteiger partial charge in [0.1, 0.15) is 5.38 Å². The van der Waals surface area contributed by atoms with E-state index in [0.717, 1.165) is 6.08 Å². The third-order valence-corrected chi connectivity index (χ3v) is 0.737. The van der Waals surface area contributed by atoms with E-state index < -0.39 is 11.3 Å². The minimum Gasteiger partial charge on any atom is -0.480 e. The van der Waals surface area contributed by atoms with Crippen molar-refractivity contribution in [1.82, 2.24) is 0 Å². The molecule has 7 heavy (non-hydrogen) atoms. The highest BCUT2D eigenvalue weighted by atomic mass is 35.5. The van der Waals surface area contributed by atoms with Crippen LogP contribution >= 0.6 is 11.6 Å². The summed E-state index contributed by atoms with van der Waals surface area (Å²) in [6.45, 7) is 4.74. The van der Waals surface area contributed by atoms with E-state index >= 15 is 0 Å². The predicted octanol–water partition coefficient (Wildman–Crippen LogP) is 0.668. The van der Waals surface area contributed by atoms with Gasteiger partial charge in [-0.05, 0) is 0 Å². The molecule has 0 aromatic rings. The average Bonchev–Trinajstić information content (AvgIpc) is 1.65. The lowest BCUT2D eigenvalue weighted by atomic mass is 10.4. The Morgan fingerprint density at radius 3 is 2.43 bits per heavy atom. The normalized spacial score (nSPS) is 12.7. The van der Waals surface area contributed by atoms with Crippen LogP contribution in [0.5, 0.6) is 0 Å². The Balaban J connectivity index is 3.55. The van der Waals surface area contributed by atoms with Crippen LogP contribution in [-0.2, 0) is 4.79 Å². The fraction of sp³-hybridized carbons (Fsp3) is 0.250. The third kappa shape index (κ3) is 2.23. The quantitative estimate of drug-likeness (QED) is 0.543. The van der Waals surface area contributed by atoms with Crippen LogP contribution in [-0.4, -0.2) is 16.5 Å². The summed E-state index contributed by atoms with van der Waals surface area (Å²) in [6.07, 6.45) is 0.907. The van der Waals surface area contributed by atoms with Crippen molar-refractivity contribution in [3.8, 4) is 0 Å².